The Bertz CT molecular complexity index is 1140. The standard InChI is InChI=1S/C21H20N6O/c28-19(15-5-13-4-14(13)6-15)16-7-17-10-25-27(21(17)22-9-16)18-3-1-2-12(8-18)20-23-11-24-26-20/h1-3,7-11,13-15,19,28H,4-6H2,(H,23,24,26)/t13?,14?,15?,19-/m1/s1. The third kappa shape index (κ3) is 2.54. The lowest BCUT2D eigenvalue weighted by Crippen LogP contribution is -2.11. The third-order valence-electron chi connectivity index (χ3n) is 6.28. The number of fused-ring (bicyclic) bond motifs is 2. The summed E-state index contributed by atoms with van der Waals surface area (Å²) >= 11 is 0. The van der Waals surface area contributed by atoms with Gasteiger partial charge < -0.3 is 5.11 Å². The third-order valence-corrected chi connectivity index (χ3v) is 6.28. The molecule has 7 nitrogen and oxygen atoms in total. The highest BCUT2D eigenvalue weighted by atomic mass is 16.3. The average molecular weight is 372 g/mol. The number of aliphatic hydroxyl groups excluding tert-OH is 1. The van der Waals surface area contributed by atoms with Gasteiger partial charge in [0.2, 0.25) is 0 Å². The molecule has 1 aromatic carbocycles. The number of benzene rings is 1. The summed E-state index contributed by atoms with van der Waals surface area (Å²) in [6, 6.07) is 9.96. The minimum Gasteiger partial charge on any atom is -0.388 e. The Hall–Kier alpha value is -3.06. The smallest absolute Gasteiger partial charge is 0.162 e. The van der Waals surface area contributed by atoms with Crippen LogP contribution < -0.4 is 0 Å². The van der Waals surface area contributed by atoms with Crippen molar-refractivity contribution in [1.82, 2.24) is 29.9 Å². The summed E-state index contributed by atoms with van der Waals surface area (Å²) < 4.78 is 1.82. The molecular formula is C21H20N6O. The molecule has 0 saturated heterocycles. The lowest BCUT2D eigenvalue weighted by Gasteiger charge is -2.19. The quantitative estimate of drug-likeness (QED) is 0.573. The molecular weight excluding hydrogens is 352 g/mol. The molecule has 0 radical (unpaired) electrons. The van der Waals surface area contributed by atoms with Crippen LogP contribution in [0.5, 0.6) is 0 Å². The van der Waals surface area contributed by atoms with Gasteiger partial charge in [-0.2, -0.15) is 10.2 Å². The van der Waals surface area contributed by atoms with Crippen molar-refractivity contribution in [2.45, 2.75) is 25.4 Å². The number of nitrogens with zero attached hydrogens (tertiary/aromatic N) is 5. The molecule has 0 bridgehead atoms. The molecule has 2 unspecified atom stereocenters. The Morgan fingerprint density at radius 3 is 2.79 bits per heavy atom. The molecule has 4 aromatic rings. The summed E-state index contributed by atoms with van der Waals surface area (Å²) in [5.41, 5.74) is 3.51. The van der Waals surface area contributed by atoms with E-state index >= 15 is 0 Å². The van der Waals surface area contributed by atoms with Crippen LogP contribution in [0, 0.1) is 17.8 Å². The molecule has 140 valence electrons. The van der Waals surface area contributed by atoms with Crippen LogP contribution in [0.3, 0.4) is 0 Å². The van der Waals surface area contributed by atoms with E-state index in [1.165, 1.54) is 12.7 Å². The number of pyridine rings is 1. The van der Waals surface area contributed by atoms with Gasteiger partial charge in [0.15, 0.2) is 11.5 Å². The van der Waals surface area contributed by atoms with Crippen molar-refractivity contribution < 1.29 is 5.11 Å². The fourth-order valence-corrected chi connectivity index (χ4v) is 4.71. The number of aliphatic hydroxyl groups is 1. The van der Waals surface area contributed by atoms with Gasteiger partial charge in [-0.1, -0.05) is 12.1 Å². The van der Waals surface area contributed by atoms with E-state index in [9.17, 15) is 5.11 Å². The van der Waals surface area contributed by atoms with Crippen LogP contribution in [0.1, 0.15) is 30.9 Å². The monoisotopic (exact) mass is 372 g/mol. The number of hydrogen-bond donors (Lipinski definition) is 2. The maximum Gasteiger partial charge on any atom is 0.162 e. The summed E-state index contributed by atoms with van der Waals surface area (Å²) in [5.74, 6) is 2.80. The molecule has 28 heavy (non-hydrogen) atoms. The normalized spacial score (nSPS) is 24.4. The Balaban J connectivity index is 1.34. The second-order valence-corrected chi connectivity index (χ2v) is 8.05. The van der Waals surface area contributed by atoms with Crippen molar-refractivity contribution in [1.29, 1.82) is 0 Å². The summed E-state index contributed by atoms with van der Waals surface area (Å²) in [6.45, 7) is 0. The van der Waals surface area contributed by atoms with Crippen molar-refractivity contribution >= 4 is 11.0 Å². The fraction of sp³-hybridized carbons (Fsp3) is 0.333. The van der Waals surface area contributed by atoms with E-state index in [0.717, 1.165) is 52.5 Å². The molecule has 2 N–H and O–H groups in total. The summed E-state index contributed by atoms with van der Waals surface area (Å²) in [6.07, 6.45) is 8.34. The summed E-state index contributed by atoms with van der Waals surface area (Å²) in [5, 5.41) is 23.1. The number of H-pyrrole nitrogens is 1. The molecule has 2 saturated carbocycles. The van der Waals surface area contributed by atoms with E-state index < -0.39 is 6.10 Å². The minimum absolute atomic E-state index is 0.372. The molecule has 2 fully saturated rings. The average Bonchev–Trinajstić information content (AvgIpc) is 3.20. The van der Waals surface area contributed by atoms with Crippen LogP contribution in [0.2, 0.25) is 0 Å². The maximum absolute atomic E-state index is 10.8. The zero-order valence-corrected chi connectivity index (χ0v) is 15.2. The molecule has 7 heteroatoms. The highest BCUT2D eigenvalue weighted by Gasteiger charge is 2.47. The molecule has 6 rings (SSSR count). The van der Waals surface area contributed by atoms with E-state index in [0.29, 0.717) is 11.7 Å². The van der Waals surface area contributed by atoms with Crippen LogP contribution >= 0.6 is 0 Å². The number of rotatable bonds is 4. The number of aromatic amines is 1. The van der Waals surface area contributed by atoms with Crippen molar-refractivity contribution in [2.24, 2.45) is 17.8 Å². The zero-order valence-electron chi connectivity index (χ0n) is 15.2. The first-order valence-corrected chi connectivity index (χ1v) is 9.74. The van der Waals surface area contributed by atoms with Gasteiger partial charge >= 0.3 is 0 Å². The van der Waals surface area contributed by atoms with E-state index in [4.69, 9.17) is 0 Å². The highest BCUT2D eigenvalue weighted by molar-refractivity contribution is 5.77. The van der Waals surface area contributed by atoms with Gasteiger partial charge in [-0.25, -0.2) is 14.6 Å². The topological polar surface area (TPSA) is 92.5 Å². The molecule has 2 aliphatic carbocycles. The Kier molecular flexibility index (Phi) is 3.40. The predicted molar refractivity (Wildman–Crippen MR) is 104 cm³/mol. The Morgan fingerprint density at radius 2 is 1.96 bits per heavy atom. The first-order chi connectivity index (χ1) is 13.8. The second-order valence-electron chi connectivity index (χ2n) is 8.05. The van der Waals surface area contributed by atoms with Crippen molar-refractivity contribution in [3.8, 4) is 17.1 Å². The van der Waals surface area contributed by atoms with Gasteiger partial charge in [-0.3, -0.25) is 5.10 Å². The van der Waals surface area contributed by atoms with Crippen molar-refractivity contribution in [2.75, 3.05) is 0 Å². The maximum atomic E-state index is 10.8. The SMILES string of the molecule is O[C@@H](c1cnc2c(cnn2-c2cccc(-c3ncn[nH]3)c2)c1)C1CC2CC2C1. The minimum atomic E-state index is -0.428. The molecule has 3 atom stereocenters. The van der Waals surface area contributed by atoms with E-state index in [1.54, 1.807) is 6.20 Å². The first-order valence-electron chi connectivity index (χ1n) is 9.74. The van der Waals surface area contributed by atoms with Gasteiger partial charge in [0.05, 0.1) is 18.0 Å². The van der Waals surface area contributed by atoms with Crippen LogP contribution in [0.4, 0.5) is 0 Å². The zero-order chi connectivity index (χ0) is 18.7. The van der Waals surface area contributed by atoms with Crippen LogP contribution in [-0.4, -0.2) is 35.1 Å². The van der Waals surface area contributed by atoms with E-state index in [1.807, 2.05) is 41.2 Å². The lowest BCUT2D eigenvalue weighted by molar-refractivity contribution is 0.104. The predicted octanol–water partition coefficient (Wildman–Crippen LogP) is 3.29. The van der Waals surface area contributed by atoms with Crippen LogP contribution in [0.15, 0.2) is 49.1 Å². The van der Waals surface area contributed by atoms with Gasteiger partial charge in [-0.15, -0.1) is 0 Å². The number of hydrogen-bond acceptors (Lipinski definition) is 5. The molecule has 0 aliphatic heterocycles. The number of aromatic nitrogens is 6. The highest BCUT2D eigenvalue weighted by Crippen LogP contribution is 2.57. The number of nitrogens with one attached hydrogen (secondary N) is 1. The fourth-order valence-electron chi connectivity index (χ4n) is 4.71. The second kappa shape index (κ2) is 5.97. The van der Waals surface area contributed by atoms with Gasteiger partial charge in [-0.05, 0) is 60.8 Å². The molecule has 3 heterocycles. The summed E-state index contributed by atoms with van der Waals surface area (Å²) in [7, 11) is 0. The van der Waals surface area contributed by atoms with Gasteiger partial charge in [0, 0.05) is 17.1 Å². The molecule has 0 amide bonds. The Labute approximate surface area is 161 Å². The largest absolute Gasteiger partial charge is 0.388 e. The van der Waals surface area contributed by atoms with Crippen molar-refractivity contribution in [3.63, 3.8) is 0 Å². The van der Waals surface area contributed by atoms with Crippen LogP contribution in [0.25, 0.3) is 28.1 Å². The lowest BCUT2D eigenvalue weighted by atomic mass is 9.92. The molecule has 3 aromatic heterocycles. The van der Waals surface area contributed by atoms with Gasteiger partial charge in [0.1, 0.15) is 6.33 Å². The van der Waals surface area contributed by atoms with Crippen molar-refractivity contribution in [3.05, 3.63) is 54.6 Å². The summed E-state index contributed by atoms with van der Waals surface area (Å²) in [4.78, 5) is 8.85. The van der Waals surface area contributed by atoms with Crippen LogP contribution in [-0.2, 0) is 0 Å². The van der Waals surface area contributed by atoms with E-state index in [-0.39, 0.29) is 0 Å². The van der Waals surface area contributed by atoms with Gasteiger partial charge in [0.25, 0.3) is 0 Å². The van der Waals surface area contributed by atoms with E-state index in [2.05, 4.69) is 25.3 Å². The first kappa shape index (κ1) is 15.9. The molecule has 0 spiro atoms. The Morgan fingerprint density at radius 1 is 1.07 bits per heavy atom. The molecule has 2 aliphatic rings.